The molecule has 3 rings (SSSR count). The second-order valence-electron chi connectivity index (χ2n) is 6.09. The zero-order valence-corrected chi connectivity index (χ0v) is 15.3. The van der Waals surface area contributed by atoms with Crippen LogP contribution >= 0.6 is 11.6 Å². The predicted octanol–water partition coefficient (Wildman–Crippen LogP) is 2.80. The third kappa shape index (κ3) is 4.63. The van der Waals surface area contributed by atoms with Crippen molar-refractivity contribution >= 4 is 29.5 Å². The predicted molar refractivity (Wildman–Crippen MR) is 101 cm³/mol. The second kappa shape index (κ2) is 8.19. The van der Waals surface area contributed by atoms with E-state index in [0.29, 0.717) is 30.2 Å². The fraction of sp³-hybridized carbons (Fsp3) is 0.294. The molecule has 1 aliphatic heterocycles. The lowest BCUT2D eigenvalue weighted by molar-refractivity contribution is -0.384. The number of urea groups is 1. The molecule has 1 aromatic heterocycles. The standard InChI is InChI=1S/C17H18ClN5O4/c1-21-6-8-22(9-7-21)17(24)20-19-11-13-3-5-16(27-13)14-4-2-12(23(25)26)10-15(14)18/h2-5,10-11H,6-9H2,1H3,(H,20,24)/b19-11+. The first kappa shape index (κ1) is 18.9. The maximum Gasteiger partial charge on any atom is 0.337 e. The summed E-state index contributed by atoms with van der Waals surface area (Å²) in [4.78, 5) is 26.1. The summed E-state index contributed by atoms with van der Waals surface area (Å²) in [7, 11) is 2.01. The van der Waals surface area contributed by atoms with Crippen molar-refractivity contribution in [3.05, 3.63) is 51.2 Å². The van der Waals surface area contributed by atoms with Crippen molar-refractivity contribution in [1.29, 1.82) is 0 Å². The molecule has 0 bridgehead atoms. The summed E-state index contributed by atoms with van der Waals surface area (Å²) in [5, 5.41) is 14.9. The summed E-state index contributed by atoms with van der Waals surface area (Å²) < 4.78 is 5.62. The average Bonchev–Trinajstić information content (AvgIpc) is 3.10. The van der Waals surface area contributed by atoms with Crippen LogP contribution in [0.1, 0.15) is 5.76 Å². The number of nitrogens with zero attached hydrogens (tertiary/aromatic N) is 4. The quantitative estimate of drug-likeness (QED) is 0.490. The summed E-state index contributed by atoms with van der Waals surface area (Å²) in [5.41, 5.74) is 2.91. The first-order valence-corrected chi connectivity index (χ1v) is 8.62. The lowest BCUT2D eigenvalue weighted by Crippen LogP contribution is -2.49. The smallest absolute Gasteiger partial charge is 0.337 e. The Hall–Kier alpha value is -2.91. The molecule has 1 aliphatic rings. The number of hydrogen-bond acceptors (Lipinski definition) is 6. The number of benzene rings is 1. The topological polar surface area (TPSA) is 104 Å². The molecule has 27 heavy (non-hydrogen) atoms. The highest BCUT2D eigenvalue weighted by molar-refractivity contribution is 6.33. The molecule has 9 nitrogen and oxygen atoms in total. The lowest BCUT2D eigenvalue weighted by atomic mass is 10.1. The molecule has 0 atom stereocenters. The summed E-state index contributed by atoms with van der Waals surface area (Å²) >= 11 is 6.10. The van der Waals surface area contributed by atoms with Crippen LogP contribution in [0, 0.1) is 10.1 Å². The number of nitrogens with one attached hydrogen (secondary N) is 1. The van der Waals surface area contributed by atoms with Gasteiger partial charge in [0.15, 0.2) is 0 Å². The Morgan fingerprint density at radius 2 is 2.04 bits per heavy atom. The van der Waals surface area contributed by atoms with Crippen LogP contribution in [0.2, 0.25) is 5.02 Å². The Bertz CT molecular complexity index is 874. The minimum Gasteiger partial charge on any atom is -0.455 e. The van der Waals surface area contributed by atoms with E-state index < -0.39 is 4.92 Å². The first-order valence-electron chi connectivity index (χ1n) is 8.25. The van der Waals surface area contributed by atoms with Crippen molar-refractivity contribution in [3.63, 3.8) is 0 Å². The molecule has 10 heteroatoms. The molecular formula is C17H18ClN5O4. The Balaban J connectivity index is 1.62. The Morgan fingerprint density at radius 1 is 1.30 bits per heavy atom. The summed E-state index contributed by atoms with van der Waals surface area (Å²) in [6, 6.07) is 7.23. The van der Waals surface area contributed by atoms with E-state index >= 15 is 0 Å². The summed E-state index contributed by atoms with van der Waals surface area (Å²) in [6.07, 6.45) is 1.39. The maximum atomic E-state index is 12.0. The second-order valence-corrected chi connectivity index (χ2v) is 6.50. The molecule has 0 aliphatic carbocycles. The minimum atomic E-state index is -0.515. The number of hydrogen-bond donors (Lipinski definition) is 1. The van der Waals surface area contributed by atoms with Crippen molar-refractivity contribution in [3.8, 4) is 11.3 Å². The van der Waals surface area contributed by atoms with E-state index in [4.69, 9.17) is 16.0 Å². The number of furan rings is 1. The van der Waals surface area contributed by atoms with Gasteiger partial charge in [-0.05, 0) is 25.2 Å². The monoisotopic (exact) mass is 391 g/mol. The van der Waals surface area contributed by atoms with Gasteiger partial charge in [0.1, 0.15) is 11.5 Å². The molecule has 0 unspecified atom stereocenters. The third-order valence-electron chi connectivity index (χ3n) is 4.20. The molecule has 2 heterocycles. The number of rotatable bonds is 4. The molecule has 0 radical (unpaired) electrons. The van der Waals surface area contributed by atoms with Crippen molar-refractivity contribution in [2.75, 3.05) is 33.2 Å². The highest BCUT2D eigenvalue weighted by atomic mass is 35.5. The number of non-ortho nitro benzene ring substituents is 1. The van der Waals surface area contributed by atoms with Crippen LogP contribution < -0.4 is 5.43 Å². The number of carbonyl (C=O) groups excluding carboxylic acids is 1. The number of carbonyl (C=O) groups is 1. The van der Waals surface area contributed by atoms with Crippen LogP contribution in [0.3, 0.4) is 0 Å². The van der Waals surface area contributed by atoms with Gasteiger partial charge in [-0.2, -0.15) is 5.10 Å². The van der Waals surface area contributed by atoms with Gasteiger partial charge in [-0.3, -0.25) is 10.1 Å². The molecule has 1 saturated heterocycles. The summed E-state index contributed by atoms with van der Waals surface area (Å²) in [6.45, 7) is 2.96. The fourth-order valence-electron chi connectivity index (χ4n) is 2.62. The van der Waals surface area contributed by atoms with Crippen LogP contribution in [0.5, 0.6) is 0 Å². The van der Waals surface area contributed by atoms with E-state index in [0.717, 1.165) is 13.1 Å². The van der Waals surface area contributed by atoms with Crippen molar-refractivity contribution in [2.45, 2.75) is 0 Å². The number of nitro groups is 1. The Labute approximate surface area is 160 Å². The van der Waals surface area contributed by atoms with Gasteiger partial charge in [-0.25, -0.2) is 10.2 Å². The number of likely N-dealkylation sites (N-methyl/N-ethyl adjacent to an activating group) is 1. The van der Waals surface area contributed by atoms with Crippen LogP contribution in [-0.4, -0.2) is 60.2 Å². The van der Waals surface area contributed by atoms with E-state index in [1.807, 2.05) is 7.05 Å². The van der Waals surface area contributed by atoms with Gasteiger partial charge in [-0.15, -0.1) is 0 Å². The largest absolute Gasteiger partial charge is 0.455 e. The van der Waals surface area contributed by atoms with Crippen molar-refractivity contribution < 1.29 is 14.1 Å². The molecule has 1 N–H and O–H groups in total. The van der Waals surface area contributed by atoms with Gasteiger partial charge in [0, 0.05) is 43.9 Å². The van der Waals surface area contributed by atoms with E-state index in [-0.39, 0.29) is 16.7 Å². The average molecular weight is 392 g/mol. The number of amides is 2. The van der Waals surface area contributed by atoms with Crippen LogP contribution in [0.15, 0.2) is 39.9 Å². The van der Waals surface area contributed by atoms with Crippen LogP contribution in [-0.2, 0) is 0 Å². The Morgan fingerprint density at radius 3 is 2.70 bits per heavy atom. The van der Waals surface area contributed by atoms with Gasteiger partial charge in [0.2, 0.25) is 0 Å². The lowest BCUT2D eigenvalue weighted by Gasteiger charge is -2.31. The molecule has 2 amide bonds. The highest BCUT2D eigenvalue weighted by Gasteiger charge is 2.18. The molecule has 0 spiro atoms. The fourth-order valence-corrected chi connectivity index (χ4v) is 2.88. The third-order valence-corrected chi connectivity index (χ3v) is 4.51. The van der Waals surface area contributed by atoms with Gasteiger partial charge in [0.05, 0.1) is 16.2 Å². The van der Waals surface area contributed by atoms with E-state index in [9.17, 15) is 14.9 Å². The molecule has 2 aromatic rings. The molecule has 142 valence electrons. The van der Waals surface area contributed by atoms with Gasteiger partial charge in [-0.1, -0.05) is 11.6 Å². The molecular weight excluding hydrogens is 374 g/mol. The van der Waals surface area contributed by atoms with Crippen molar-refractivity contribution in [1.82, 2.24) is 15.2 Å². The van der Waals surface area contributed by atoms with Crippen LogP contribution in [0.25, 0.3) is 11.3 Å². The number of nitro benzene ring substituents is 1. The number of hydrazone groups is 1. The number of halogens is 1. The number of piperazine rings is 1. The van der Waals surface area contributed by atoms with E-state index in [1.54, 1.807) is 17.0 Å². The minimum absolute atomic E-state index is 0.0938. The zero-order valence-electron chi connectivity index (χ0n) is 14.6. The zero-order chi connectivity index (χ0) is 19.4. The van der Waals surface area contributed by atoms with Crippen LogP contribution in [0.4, 0.5) is 10.5 Å². The first-order chi connectivity index (χ1) is 12.9. The Kier molecular flexibility index (Phi) is 5.72. The highest BCUT2D eigenvalue weighted by Crippen LogP contribution is 2.31. The molecule has 1 aromatic carbocycles. The van der Waals surface area contributed by atoms with Gasteiger partial charge >= 0.3 is 6.03 Å². The SMILES string of the molecule is CN1CCN(C(=O)N/N=C/c2ccc(-c3ccc([N+](=O)[O-])cc3Cl)o2)CC1. The molecule has 0 saturated carbocycles. The van der Waals surface area contributed by atoms with Crippen molar-refractivity contribution in [2.24, 2.45) is 5.10 Å². The van der Waals surface area contributed by atoms with Gasteiger partial charge < -0.3 is 14.2 Å². The summed E-state index contributed by atoms with van der Waals surface area (Å²) in [5.74, 6) is 0.861. The normalized spacial score (nSPS) is 15.3. The maximum absolute atomic E-state index is 12.0. The van der Waals surface area contributed by atoms with E-state index in [1.165, 1.54) is 24.4 Å². The van der Waals surface area contributed by atoms with Gasteiger partial charge in [0.25, 0.3) is 5.69 Å². The molecule has 1 fully saturated rings. The van der Waals surface area contributed by atoms with E-state index in [2.05, 4.69) is 15.4 Å².